The van der Waals surface area contributed by atoms with Crippen molar-refractivity contribution in [2.75, 3.05) is 14.2 Å². The molecule has 0 unspecified atom stereocenters. The van der Waals surface area contributed by atoms with Gasteiger partial charge in [-0.15, -0.1) is 0 Å². The Morgan fingerprint density at radius 1 is 1.16 bits per heavy atom. The fourth-order valence-electron chi connectivity index (χ4n) is 3.17. The summed E-state index contributed by atoms with van der Waals surface area (Å²) in [7, 11) is 3.19. The first kappa shape index (κ1) is 17.0. The molecule has 1 aromatic carbocycles. The lowest BCUT2D eigenvalue weighted by molar-refractivity contribution is 0.0480. The van der Waals surface area contributed by atoms with Crippen molar-refractivity contribution in [3.8, 4) is 11.5 Å². The summed E-state index contributed by atoms with van der Waals surface area (Å²) < 4.78 is 10.7. The normalized spacial score (nSPS) is 15.4. The van der Waals surface area contributed by atoms with Crippen molar-refractivity contribution in [1.82, 2.24) is 15.1 Å². The zero-order valence-electron chi connectivity index (χ0n) is 14.8. The molecule has 7 nitrogen and oxygen atoms in total. The van der Waals surface area contributed by atoms with E-state index in [2.05, 4.69) is 10.2 Å². The second-order valence-electron chi connectivity index (χ2n) is 6.66. The summed E-state index contributed by atoms with van der Waals surface area (Å²) in [6, 6.07) is 6.63. The molecule has 0 aliphatic carbocycles. The molecular weight excluding hydrogens is 322 g/mol. The Morgan fingerprint density at radius 3 is 2.36 bits per heavy atom. The number of rotatable bonds is 3. The van der Waals surface area contributed by atoms with E-state index in [0.717, 1.165) is 11.1 Å². The first-order chi connectivity index (χ1) is 11.9. The molecule has 0 spiro atoms. The third-order valence-corrected chi connectivity index (χ3v) is 4.53. The number of methoxy groups -OCH3 is 2. The van der Waals surface area contributed by atoms with Crippen LogP contribution in [0.15, 0.2) is 29.1 Å². The smallest absolute Gasteiger partial charge is 0.275 e. The van der Waals surface area contributed by atoms with Crippen molar-refractivity contribution >= 4 is 5.91 Å². The number of nitrogens with one attached hydrogen (secondary N) is 1. The average molecular weight is 343 g/mol. The number of aromatic amines is 1. The molecule has 0 saturated carbocycles. The molecule has 2 heterocycles. The number of aromatic nitrogens is 2. The number of ether oxygens (including phenoxy) is 2. The number of fused-ring (bicyclic) bond motifs is 1. The van der Waals surface area contributed by atoms with Crippen molar-refractivity contribution in [3.05, 3.63) is 51.4 Å². The number of benzene rings is 1. The van der Waals surface area contributed by atoms with E-state index < -0.39 is 5.54 Å². The molecule has 2 aromatic rings. The van der Waals surface area contributed by atoms with Gasteiger partial charge in [0.05, 0.1) is 14.2 Å². The molecular formula is C18H21N3O4. The Morgan fingerprint density at radius 2 is 1.80 bits per heavy atom. The van der Waals surface area contributed by atoms with Crippen LogP contribution >= 0.6 is 0 Å². The summed E-state index contributed by atoms with van der Waals surface area (Å²) in [6.45, 7) is 4.45. The Hall–Kier alpha value is -2.83. The largest absolute Gasteiger partial charge is 0.493 e. The molecule has 25 heavy (non-hydrogen) atoms. The maximum atomic E-state index is 12.9. The van der Waals surface area contributed by atoms with Gasteiger partial charge >= 0.3 is 0 Å². The second-order valence-corrected chi connectivity index (χ2v) is 6.66. The minimum absolute atomic E-state index is 0.219. The highest BCUT2D eigenvalue weighted by Crippen LogP contribution is 2.38. The van der Waals surface area contributed by atoms with E-state index in [-0.39, 0.29) is 17.2 Å². The average Bonchev–Trinajstić information content (AvgIpc) is 2.59. The minimum atomic E-state index is -0.401. The van der Waals surface area contributed by atoms with E-state index in [1.807, 2.05) is 26.0 Å². The molecule has 132 valence electrons. The van der Waals surface area contributed by atoms with Crippen LogP contribution in [0.1, 0.15) is 35.5 Å². The maximum absolute atomic E-state index is 12.9. The van der Waals surface area contributed by atoms with Crippen LogP contribution in [0.2, 0.25) is 0 Å². The zero-order valence-corrected chi connectivity index (χ0v) is 14.8. The first-order valence-corrected chi connectivity index (χ1v) is 7.97. The first-order valence-electron chi connectivity index (χ1n) is 7.97. The predicted molar refractivity (Wildman–Crippen MR) is 92.1 cm³/mol. The standard InChI is InChI=1S/C18H21N3O4/c1-18(2)9-11-7-14(24-3)15(25-4)8-12(11)10-21(18)17(23)13-5-6-16(22)20-19-13/h5-8H,9-10H2,1-4H3,(H,20,22). The molecule has 0 bridgehead atoms. The van der Waals surface area contributed by atoms with Crippen LogP contribution in [-0.4, -0.2) is 40.8 Å². The third-order valence-electron chi connectivity index (χ3n) is 4.53. The molecule has 3 rings (SSSR count). The van der Waals surface area contributed by atoms with Gasteiger partial charge in [0.2, 0.25) is 0 Å². The number of H-pyrrole nitrogens is 1. The van der Waals surface area contributed by atoms with E-state index in [1.54, 1.807) is 19.1 Å². The highest BCUT2D eigenvalue weighted by atomic mass is 16.5. The number of carbonyl (C=O) groups is 1. The molecule has 7 heteroatoms. The fourth-order valence-corrected chi connectivity index (χ4v) is 3.17. The third kappa shape index (κ3) is 3.09. The fraction of sp³-hybridized carbons (Fsp3) is 0.389. The molecule has 0 fully saturated rings. The number of nitrogens with zero attached hydrogens (tertiary/aromatic N) is 2. The molecule has 1 aromatic heterocycles. The highest BCUT2D eigenvalue weighted by Gasteiger charge is 2.37. The van der Waals surface area contributed by atoms with Crippen LogP contribution in [0.4, 0.5) is 0 Å². The van der Waals surface area contributed by atoms with E-state index >= 15 is 0 Å². The molecule has 0 radical (unpaired) electrons. The minimum Gasteiger partial charge on any atom is -0.493 e. The lowest BCUT2D eigenvalue weighted by Gasteiger charge is -2.43. The van der Waals surface area contributed by atoms with Gasteiger partial charge in [-0.1, -0.05) is 0 Å². The summed E-state index contributed by atoms with van der Waals surface area (Å²) in [5.41, 5.74) is 1.62. The predicted octanol–water partition coefficient (Wildman–Crippen LogP) is 1.76. The number of carbonyl (C=O) groups excluding carboxylic acids is 1. The molecule has 1 amide bonds. The van der Waals surface area contributed by atoms with Gasteiger partial charge in [0.1, 0.15) is 5.69 Å². The van der Waals surface area contributed by atoms with Crippen LogP contribution < -0.4 is 15.0 Å². The Bertz CT molecular complexity index is 853. The lowest BCUT2D eigenvalue weighted by Crippen LogP contribution is -2.51. The quantitative estimate of drug-likeness (QED) is 0.918. The lowest BCUT2D eigenvalue weighted by atomic mass is 9.85. The van der Waals surface area contributed by atoms with Crippen LogP contribution in [-0.2, 0) is 13.0 Å². The molecule has 1 N–H and O–H groups in total. The Balaban J connectivity index is 1.99. The molecule has 0 atom stereocenters. The van der Waals surface area contributed by atoms with Gasteiger partial charge in [0.15, 0.2) is 11.5 Å². The van der Waals surface area contributed by atoms with Gasteiger partial charge in [-0.25, -0.2) is 5.10 Å². The van der Waals surface area contributed by atoms with E-state index in [0.29, 0.717) is 24.5 Å². The van der Waals surface area contributed by atoms with Crippen molar-refractivity contribution in [2.45, 2.75) is 32.4 Å². The summed E-state index contributed by atoms with van der Waals surface area (Å²) in [5.74, 6) is 1.09. The van der Waals surface area contributed by atoms with Crippen molar-refractivity contribution in [1.29, 1.82) is 0 Å². The number of amides is 1. The van der Waals surface area contributed by atoms with Crippen molar-refractivity contribution in [2.24, 2.45) is 0 Å². The molecule has 1 aliphatic heterocycles. The van der Waals surface area contributed by atoms with Crippen LogP contribution in [0, 0.1) is 0 Å². The summed E-state index contributed by atoms with van der Waals surface area (Å²) >= 11 is 0. The number of hydrogen-bond acceptors (Lipinski definition) is 5. The summed E-state index contributed by atoms with van der Waals surface area (Å²) in [5, 5.41) is 6.17. The Labute approximate surface area is 145 Å². The SMILES string of the molecule is COc1cc2c(cc1OC)CC(C)(C)N(C(=O)c1ccc(=O)[nH]n1)C2. The van der Waals surface area contributed by atoms with Crippen molar-refractivity contribution in [3.63, 3.8) is 0 Å². The molecule has 1 aliphatic rings. The van der Waals surface area contributed by atoms with Gasteiger partial charge in [-0.3, -0.25) is 9.59 Å². The van der Waals surface area contributed by atoms with E-state index in [1.165, 1.54) is 12.1 Å². The van der Waals surface area contributed by atoms with Crippen LogP contribution in [0.5, 0.6) is 11.5 Å². The summed E-state index contributed by atoms with van der Waals surface area (Å²) in [4.78, 5) is 25.8. The maximum Gasteiger partial charge on any atom is 0.275 e. The number of hydrogen-bond donors (Lipinski definition) is 1. The topological polar surface area (TPSA) is 84.5 Å². The van der Waals surface area contributed by atoms with Crippen molar-refractivity contribution < 1.29 is 14.3 Å². The monoisotopic (exact) mass is 343 g/mol. The second kappa shape index (κ2) is 6.23. The van der Waals surface area contributed by atoms with Gasteiger partial charge in [0, 0.05) is 18.2 Å². The molecule has 0 saturated heterocycles. The van der Waals surface area contributed by atoms with E-state index in [9.17, 15) is 9.59 Å². The van der Waals surface area contributed by atoms with Crippen LogP contribution in [0.25, 0.3) is 0 Å². The summed E-state index contributed by atoms with van der Waals surface area (Å²) in [6.07, 6.45) is 0.678. The van der Waals surface area contributed by atoms with Gasteiger partial charge < -0.3 is 14.4 Å². The highest BCUT2D eigenvalue weighted by molar-refractivity contribution is 5.92. The zero-order chi connectivity index (χ0) is 18.2. The van der Waals surface area contributed by atoms with Crippen LogP contribution in [0.3, 0.4) is 0 Å². The van der Waals surface area contributed by atoms with Gasteiger partial charge in [-0.2, -0.15) is 5.10 Å². The van der Waals surface area contributed by atoms with E-state index in [4.69, 9.17) is 9.47 Å². The van der Waals surface area contributed by atoms with Gasteiger partial charge in [0.25, 0.3) is 11.5 Å². The Kier molecular flexibility index (Phi) is 4.24. The van der Waals surface area contributed by atoms with Gasteiger partial charge in [-0.05, 0) is 49.6 Å².